The number of nitrogens with zero attached hydrogens (tertiary/aromatic N) is 1. The summed E-state index contributed by atoms with van der Waals surface area (Å²) >= 11 is 0. The lowest BCUT2D eigenvalue weighted by atomic mass is 10.2. The molecule has 1 aliphatic rings. The number of benzene rings is 3. The maximum Gasteiger partial charge on any atom is 0.339 e. The highest BCUT2D eigenvalue weighted by molar-refractivity contribution is 6.25. The molecular formula is C51H59NO15. The zero-order valence-electron chi connectivity index (χ0n) is 37.7. The highest BCUT2D eigenvalue weighted by atomic mass is 16.6. The number of hydrogen-bond acceptors (Lipinski definition) is 15. The molecule has 0 aromatic heterocycles. The van der Waals surface area contributed by atoms with Crippen LogP contribution in [0.1, 0.15) is 97.8 Å². The van der Waals surface area contributed by atoms with Gasteiger partial charge in [0, 0.05) is 18.2 Å². The molecule has 358 valence electrons. The minimum absolute atomic E-state index is 0.0624. The van der Waals surface area contributed by atoms with E-state index in [-0.39, 0.29) is 16.8 Å². The Morgan fingerprint density at radius 1 is 0.418 bits per heavy atom. The van der Waals surface area contributed by atoms with Gasteiger partial charge in [-0.2, -0.15) is 0 Å². The van der Waals surface area contributed by atoms with Crippen molar-refractivity contribution in [3.05, 3.63) is 122 Å². The molecule has 1 saturated heterocycles. The number of anilines is 1. The minimum Gasteiger partial charge on any atom is -0.494 e. The van der Waals surface area contributed by atoms with Crippen LogP contribution >= 0.6 is 0 Å². The molecule has 4 rings (SSSR count). The Hall–Kier alpha value is -7.23. The van der Waals surface area contributed by atoms with Crippen LogP contribution in [-0.2, 0) is 47.7 Å². The number of imide groups is 1. The van der Waals surface area contributed by atoms with Crippen molar-refractivity contribution >= 4 is 47.3 Å². The molecule has 1 heterocycles. The van der Waals surface area contributed by atoms with Gasteiger partial charge < -0.3 is 37.9 Å². The Morgan fingerprint density at radius 3 is 1.00 bits per heavy atom. The summed E-state index contributed by atoms with van der Waals surface area (Å²) < 4.78 is 43.6. The van der Waals surface area contributed by atoms with E-state index in [9.17, 15) is 33.6 Å². The Balaban J connectivity index is 1.35. The molecule has 16 nitrogen and oxygen atoms in total. The summed E-state index contributed by atoms with van der Waals surface area (Å²) in [6.45, 7) is 12.3. The Morgan fingerprint density at radius 2 is 0.701 bits per heavy atom. The van der Waals surface area contributed by atoms with Gasteiger partial charge in [-0.3, -0.25) is 9.59 Å². The fourth-order valence-electron chi connectivity index (χ4n) is 6.47. The fraction of sp³-hybridized carbons (Fsp3) is 0.392. The summed E-state index contributed by atoms with van der Waals surface area (Å²) in [5.74, 6) is -3.57. The molecule has 0 spiro atoms. The number of esters is 5. The second-order valence-corrected chi connectivity index (χ2v) is 15.1. The van der Waals surface area contributed by atoms with Gasteiger partial charge in [0.25, 0.3) is 11.8 Å². The van der Waals surface area contributed by atoms with Crippen molar-refractivity contribution in [2.24, 2.45) is 0 Å². The summed E-state index contributed by atoms with van der Waals surface area (Å²) in [6.07, 6.45) is 9.23. The molecule has 2 amide bonds. The third-order valence-corrected chi connectivity index (χ3v) is 10.1. The van der Waals surface area contributed by atoms with E-state index in [4.69, 9.17) is 37.9 Å². The van der Waals surface area contributed by atoms with Gasteiger partial charge in [-0.25, -0.2) is 28.9 Å². The van der Waals surface area contributed by atoms with E-state index in [1.807, 2.05) is 0 Å². The van der Waals surface area contributed by atoms with Crippen molar-refractivity contribution < 1.29 is 71.5 Å². The topological polar surface area (TPSA) is 197 Å². The summed E-state index contributed by atoms with van der Waals surface area (Å²) in [5.41, 5.74) is 0.270. The summed E-state index contributed by atoms with van der Waals surface area (Å²) in [5, 5.41) is 0. The van der Waals surface area contributed by atoms with Crippen molar-refractivity contribution in [3.8, 4) is 17.2 Å². The molecule has 0 N–H and O–H groups in total. The van der Waals surface area contributed by atoms with Crippen molar-refractivity contribution in [1.29, 1.82) is 0 Å². The highest BCUT2D eigenvalue weighted by Gasteiger charge is 2.53. The summed E-state index contributed by atoms with van der Waals surface area (Å²) in [6, 6.07) is 18.3. The SMILES string of the molecule is C=CC(=O)OCCCCCCOc1ccc(C(=O)OC2C(=O)N(c3ccc(OCCCCCCOC(=O)C=C)cc3)C(=O)C2OC(=O)c2ccc(OCCCCCCOC(=O)C=C)cc2)cc1. The predicted molar refractivity (Wildman–Crippen MR) is 246 cm³/mol. The maximum atomic E-state index is 14.0. The molecule has 0 bridgehead atoms. The van der Waals surface area contributed by atoms with Crippen LogP contribution in [0.15, 0.2) is 111 Å². The van der Waals surface area contributed by atoms with Crippen LogP contribution in [0, 0.1) is 0 Å². The van der Waals surface area contributed by atoms with Gasteiger partial charge in [-0.1, -0.05) is 19.7 Å². The molecular weight excluding hydrogens is 867 g/mol. The zero-order chi connectivity index (χ0) is 48.2. The highest BCUT2D eigenvalue weighted by Crippen LogP contribution is 2.30. The number of rotatable bonds is 32. The minimum atomic E-state index is -1.81. The first-order valence-electron chi connectivity index (χ1n) is 22.4. The molecule has 67 heavy (non-hydrogen) atoms. The van der Waals surface area contributed by atoms with E-state index >= 15 is 0 Å². The van der Waals surface area contributed by atoms with Gasteiger partial charge in [0.15, 0.2) is 0 Å². The number of hydrogen-bond donors (Lipinski definition) is 0. The first kappa shape index (κ1) is 52.4. The standard InChI is InChI=1S/C51H59NO15/c1-4-43(53)63-34-16-10-7-13-31-60-40-25-19-37(20-26-40)50(58)66-46-47(67-51(59)38-21-27-41(28-22-38)61-32-14-8-11-17-35-64-44(54)5-2)49(57)52(48(46)56)39-23-29-42(30-24-39)62-33-15-9-12-18-36-65-45(55)6-3/h4-6,19-30,46-47H,1-3,7-18,31-36H2. The van der Waals surface area contributed by atoms with E-state index in [1.54, 1.807) is 36.4 Å². The number of amides is 2. The number of carbonyl (C=O) groups excluding carboxylic acids is 7. The first-order chi connectivity index (χ1) is 32.5. The van der Waals surface area contributed by atoms with E-state index in [0.717, 1.165) is 93.8 Å². The van der Waals surface area contributed by atoms with Crippen molar-refractivity contribution in [1.82, 2.24) is 0 Å². The number of ether oxygens (including phenoxy) is 8. The van der Waals surface area contributed by atoms with Gasteiger partial charge >= 0.3 is 29.8 Å². The third-order valence-electron chi connectivity index (χ3n) is 10.1. The van der Waals surface area contributed by atoms with Gasteiger partial charge in [-0.05, 0) is 150 Å². The molecule has 3 aromatic rings. The van der Waals surface area contributed by atoms with Gasteiger partial charge in [0.1, 0.15) is 17.2 Å². The molecule has 16 heteroatoms. The predicted octanol–water partition coefficient (Wildman–Crippen LogP) is 8.02. The average molecular weight is 926 g/mol. The van der Waals surface area contributed by atoms with E-state index in [0.29, 0.717) is 63.3 Å². The van der Waals surface area contributed by atoms with Crippen LogP contribution in [0.2, 0.25) is 0 Å². The van der Waals surface area contributed by atoms with Gasteiger partial charge in [-0.15, -0.1) is 0 Å². The van der Waals surface area contributed by atoms with E-state index in [2.05, 4.69) is 19.7 Å². The molecule has 2 atom stereocenters. The van der Waals surface area contributed by atoms with Crippen LogP contribution in [-0.4, -0.2) is 93.5 Å². The second-order valence-electron chi connectivity index (χ2n) is 15.1. The number of carbonyl (C=O) groups is 7. The average Bonchev–Trinajstić information content (AvgIpc) is 3.57. The van der Waals surface area contributed by atoms with Crippen molar-refractivity contribution in [3.63, 3.8) is 0 Å². The van der Waals surface area contributed by atoms with Crippen molar-refractivity contribution in [2.45, 2.75) is 89.3 Å². The lowest BCUT2D eigenvalue weighted by Gasteiger charge is -2.17. The van der Waals surface area contributed by atoms with Crippen molar-refractivity contribution in [2.75, 3.05) is 44.5 Å². The Bertz CT molecular complexity index is 2000. The molecule has 0 aliphatic carbocycles. The van der Waals surface area contributed by atoms with E-state index < -0.39 is 53.9 Å². The first-order valence-corrected chi connectivity index (χ1v) is 22.4. The smallest absolute Gasteiger partial charge is 0.339 e. The molecule has 1 aliphatic heterocycles. The quantitative estimate of drug-likeness (QED) is 0.0192. The van der Waals surface area contributed by atoms with E-state index in [1.165, 1.54) is 36.4 Å². The Kier molecular flexibility index (Phi) is 22.9. The third kappa shape index (κ3) is 18.3. The normalized spacial score (nSPS) is 14.1. The maximum absolute atomic E-state index is 14.0. The molecule has 1 fully saturated rings. The Labute approximate surface area is 390 Å². The number of unbranched alkanes of at least 4 members (excludes halogenated alkanes) is 9. The van der Waals surface area contributed by atoms with Crippen LogP contribution < -0.4 is 19.1 Å². The molecule has 3 aromatic carbocycles. The van der Waals surface area contributed by atoms with Gasteiger partial charge in [0.2, 0.25) is 12.2 Å². The van der Waals surface area contributed by atoms with Gasteiger partial charge in [0.05, 0.1) is 56.5 Å². The lowest BCUT2D eigenvalue weighted by Crippen LogP contribution is -2.37. The van der Waals surface area contributed by atoms with Crippen LogP contribution in [0.4, 0.5) is 5.69 Å². The van der Waals surface area contributed by atoms with Crippen LogP contribution in [0.25, 0.3) is 0 Å². The zero-order valence-corrected chi connectivity index (χ0v) is 37.7. The van der Waals surface area contributed by atoms with Crippen LogP contribution in [0.3, 0.4) is 0 Å². The lowest BCUT2D eigenvalue weighted by molar-refractivity contribution is -0.138. The second kappa shape index (κ2) is 29.3. The largest absolute Gasteiger partial charge is 0.494 e. The molecule has 0 saturated carbocycles. The summed E-state index contributed by atoms with van der Waals surface area (Å²) in [4.78, 5) is 89.2. The molecule has 2 unspecified atom stereocenters. The van der Waals surface area contributed by atoms with Crippen LogP contribution in [0.5, 0.6) is 17.2 Å². The molecule has 0 radical (unpaired) electrons. The summed E-state index contributed by atoms with van der Waals surface area (Å²) in [7, 11) is 0. The fourth-order valence-corrected chi connectivity index (χ4v) is 6.47. The monoisotopic (exact) mass is 925 g/mol.